The molecule has 1 nitrogen and oxygen atoms in total. The average molecular weight is 268 g/mol. The van der Waals surface area contributed by atoms with E-state index in [1.807, 2.05) is 0 Å². The Kier molecular flexibility index (Phi) is 4.79. The molecule has 18 heavy (non-hydrogen) atoms. The second-order valence-corrected chi connectivity index (χ2v) is 5.10. The van der Waals surface area contributed by atoms with E-state index in [4.69, 9.17) is 11.6 Å². The number of allylic oxidation sites excluding steroid dienone is 1. The Bertz CT molecular complexity index is 422. The molecule has 2 rings (SSSR count). The fraction of sp³-hybridized carbons (Fsp3) is 0.467. The zero-order valence-corrected chi connectivity index (χ0v) is 11.4. The molecule has 0 bridgehead atoms. The molecular weight excluding hydrogens is 249 g/mol. The van der Waals surface area contributed by atoms with E-state index in [1.165, 1.54) is 11.6 Å². The zero-order valence-electron chi connectivity index (χ0n) is 10.7. The highest BCUT2D eigenvalue weighted by molar-refractivity contribution is 6.31. The first-order chi connectivity index (χ1) is 8.74. The second-order valence-electron chi connectivity index (χ2n) is 4.69. The van der Waals surface area contributed by atoms with Crippen LogP contribution in [0.3, 0.4) is 0 Å². The quantitative estimate of drug-likeness (QED) is 0.767. The Morgan fingerprint density at radius 2 is 2.28 bits per heavy atom. The summed E-state index contributed by atoms with van der Waals surface area (Å²) in [5.41, 5.74) is 1.87. The summed E-state index contributed by atoms with van der Waals surface area (Å²) in [7, 11) is 0. The third kappa shape index (κ3) is 2.93. The van der Waals surface area contributed by atoms with Gasteiger partial charge in [-0.3, -0.25) is 0 Å². The van der Waals surface area contributed by atoms with Gasteiger partial charge in [0.15, 0.2) is 0 Å². The minimum Gasteiger partial charge on any atom is -0.306 e. The van der Waals surface area contributed by atoms with Gasteiger partial charge in [-0.1, -0.05) is 36.2 Å². The van der Waals surface area contributed by atoms with E-state index in [1.54, 1.807) is 12.1 Å². The highest BCUT2D eigenvalue weighted by atomic mass is 35.5. The Hall–Kier alpha value is -0.860. The van der Waals surface area contributed by atoms with Gasteiger partial charge < -0.3 is 5.32 Å². The summed E-state index contributed by atoms with van der Waals surface area (Å²) < 4.78 is 14.0. The van der Waals surface area contributed by atoms with Gasteiger partial charge in [-0.25, -0.2) is 4.39 Å². The first-order valence-corrected chi connectivity index (χ1v) is 6.98. The predicted molar refractivity (Wildman–Crippen MR) is 74.4 cm³/mol. The molecule has 0 amide bonds. The molecule has 1 aliphatic rings. The van der Waals surface area contributed by atoms with Gasteiger partial charge in [0.25, 0.3) is 0 Å². The number of benzene rings is 1. The number of hydrogen-bond acceptors (Lipinski definition) is 1. The molecular formula is C15H19ClFN. The van der Waals surface area contributed by atoms with Crippen LogP contribution in [0.1, 0.15) is 44.2 Å². The molecule has 0 saturated carbocycles. The number of halogens is 2. The van der Waals surface area contributed by atoms with Crippen molar-refractivity contribution in [1.29, 1.82) is 0 Å². The van der Waals surface area contributed by atoms with E-state index in [0.717, 1.165) is 32.2 Å². The van der Waals surface area contributed by atoms with Crippen molar-refractivity contribution in [2.24, 2.45) is 0 Å². The maximum atomic E-state index is 14.0. The minimum atomic E-state index is -0.219. The minimum absolute atomic E-state index is 0.0684. The van der Waals surface area contributed by atoms with Crippen LogP contribution in [0.25, 0.3) is 0 Å². The van der Waals surface area contributed by atoms with Crippen molar-refractivity contribution >= 4 is 11.6 Å². The molecule has 0 aliphatic heterocycles. The van der Waals surface area contributed by atoms with Gasteiger partial charge in [0.05, 0.1) is 6.04 Å². The van der Waals surface area contributed by atoms with Crippen LogP contribution in [0.5, 0.6) is 0 Å². The Morgan fingerprint density at radius 3 is 2.89 bits per heavy atom. The first-order valence-electron chi connectivity index (χ1n) is 6.60. The van der Waals surface area contributed by atoms with Crippen LogP contribution in [0.2, 0.25) is 5.02 Å². The summed E-state index contributed by atoms with van der Waals surface area (Å²) in [6.07, 6.45) is 6.52. The molecule has 0 fully saturated rings. The summed E-state index contributed by atoms with van der Waals surface area (Å²) in [4.78, 5) is 0. The van der Waals surface area contributed by atoms with Crippen molar-refractivity contribution in [3.8, 4) is 0 Å². The molecule has 1 N–H and O–H groups in total. The molecule has 1 unspecified atom stereocenters. The van der Waals surface area contributed by atoms with E-state index >= 15 is 0 Å². The van der Waals surface area contributed by atoms with Crippen LogP contribution in [0, 0.1) is 5.82 Å². The van der Waals surface area contributed by atoms with Crippen molar-refractivity contribution in [1.82, 2.24) is 5.32 Å². The third-order valence-electron chi connectivity index (χ3n) is 3.33. The monoisotopic (exact) mass is 267 g/mol. The van der Waals surface area contributed by atoms with Crippen molar-refractivity contribution < 1.29 is 4.39 Å². The van der Waals surface area contributed by atoms with Gasteiger partial charge in [0.2, 0.25) is 0 Å². The molecule has 0 radical (unpaired) electrons. The molecule has 98 valence electrons. The smallest absolute Gasteiger partial charge is 0.129 e. The molecule has 3 heteroatoms. The third-order valence-corrected chi connectivity index (χ3v) is 3.66. The molecule has 0 spiro atoms. The van der Waals surface area contributed by atoms with Crippen LogP contribution >= 0.6 is 11.6 Å². The van der Waals surface area contributed by atoms with E-state index in [9.17, 15) is 4.39 Å². The van der Waals surface area contributed by atoms with Gasteiger partial charge >= 0.3 is 0 Å². The topological polar surface area (TPSA) is 12.0 Å². The van der Waals surface area contributed by atoms with Gasteiger partial charge in [0, 0.05) is 10.6 Å². The van der Waals surface area contributed by atoms with Crippen molar-refractivity contribution in [3.05, 3.63) is 46.3 Å². The lowest BCUT2D eigenvalue weighted by atomic mass is 9.97. The van der Waals surface area contributed by atoms with Crippen molar-refractivity contribution in [3.63, 3.8) is 0 Å². The molecule has 1 aromatic rings. The lowest BCUT2D eigenvalue weighted by molar-refractivity contribution is 0.535. The van der Waals surface area contributed by atoms with Gasteiger partial charge in [-0.15, -0.1) is 0 Å². The summed E-state index contributed by atoms with van der Waals surface area (Å²) in [6, 6.07) is 4.83. The van der Waals surface area contributed by atoms with Crippen LogP contribution in [-0.4, -0.2) is 6.54 Å². The summed E-state index contributed by atoms with van der Waals surface area (Å²) in [6.45, 7) is 2.97. The van der Waals surface area contributed by atoms with E-state index in [0.29, 0.717) is 10.6 Å². The average Bonchev–Trinajstić information content (AvgIpc) is 2.86. The van der Waals surface area contributed by atoms with Gasteiger partial charge in [-0.05, 0) is 44.4 Å². The van der Waals surface area contributed by atoms with E-state index in [2.05, 4.69) is 18.3 Å². The second kappa shape index (κ2) is 6.35. The summed E-state index contributed by atoms with van der Waals surface area (Å²) >= 11 is 6.17. The maximum Gasteiger partial charge on any atom is 0.129 e. The van der Waals surface area contributed by atoms with Gasteiger partial charge in [0.1, 0.15) is 5.82 Å². The fourth-order valence-electron chi connectivity index (χ4n) is 2.45. The van der Waals surface area contributed by atoms with Crippen LogP contribution in [-0.2, 0) is 0 Å². The Balaban J connectivity index is 2.33. The first kappa shape index (κ1) is 13.6. The SMILES string of the molecule is CCCNC(C1=CCCC1)c1c(F)cccc1Cl. The van der Waals surface area contributed by atoms with Crippen LogP contribution < -0.4 is 5.32 Å². The highest BCUT2D eigenvalue weighted by Crippen LogP contribution is 2.35. The lowest BCUT2D eigenvalue weighted by Gasteiger charge is -2.22. The van der Waals surface area contributed by atoms with Crippen LogP contribution in [0.4, 0.5) is 4.39 Å². The number of rotatable bonds is 5. The molecule has 0 heterocycles. The normalized spacial score (nSPS) is 16.7. The number of hydrogen-bond donors (Lipinski definition) is 1. The Morgan fingerprint density at radius 1 is 1.44 bits per heavy atom. The highest BCUT2D eigenvalue weighted by Gasteiger charge is 2.23. The van der Waals surface area contributed by atoms with E-state index in [-0.39, 0.29) is 11.9 Å². The Labute approximate surface area is 113 Å². The van der Waals surface area contributed by atoms with E-state index < -0.39 is 0 Å². The fourth-order valence-corrected chi connectivity index (χ4v) is 2.72. The van der Waals surface area contributed by atoms with Crippen LogP contribution in [0.15, 0.2) is 29.8 Å². The molecule has 0 saturated heterocycles. The maximum absolute atomic E-state index is 14.0. The lowest BCUT2D eigenvalue weighted by Crippen LogP contribution is -2.24. The predicted octanol–water partition coefficient (Wildman–Crippen LogP) is 4.63. The van der Waals surface area contributed by atoms with Gasteiger partial charge in [-0.2, -0.15) is 0 Å². The summed E-state index contributed by atoms with van der Waals surface area (Å²) in [5.74, 6) is -0.219. The van der Waals surface area contributed by atoms with Crippen molar-refractivity contribution in [2.75, 3.05) is 6.54 Å². The summed E-state index contributed by atoms with van der Waals surface area (Å²) in [5, 5.41) is 3.93. The largest absolute Gasteiger partial charge is 0.306 e. The molecule has 1 aromatic carbocycles. The number of nitrogens with one attached hydrogen (secondary N) is 1. The molecule has 1 aliphatic carbocycles. The van der Waals surface area contributed by atoms with Crippen molar-refractivity contribution in [2.45, 2.75) is 38.6 Å². The molecule has 1 atom stereocenters. The standard InChI is InChI=1S/C15H19ClFN/c1-2-10-18-15(11-6-3-4-7-11)14-12(16)8-5-9-13(14)17/h5-6,8-9,15,18H,2-4,7,10H2,1H3. The molecule has 0 aromatic heterocycles. The zero-order chi connectivity index (χ0) is 13.0.